The van der Waals surface area contributed by atoms with Crippen molar-refractivity contribution in [1.82, 2.24) is 0 Å². The second-order valence-electron chi connectivity index (χ2n) is 3.88. The van der Waals surface area contributed by atoms with E-state index in [-0.39, 0.29) is 0 Å². The van der Waals surface area contributed by atoms with Crippen LogP contribution in [0.25, 0.3) is 0 Å². The number of hydrogen-bond donors (Lipinski definition) is 1. The van der Waals surface area contributed by atoms with Crippen LogP contribution in [0.5, 0.6) is 0 Å². The highest BCUT2D eigenvalue weighted by Gasteiger charge is 2.25. The molecule has 0 aromatic heterocycles. The molecule has 1 heterocycles. The average molecular weight is 234 g/mol. The Kier molecular flexibility index (Phi) is 3.37. The molecule has 16 heavy (non-hydrogen) atoms. The van der Waals surface area contributed by atoms with Crippen LogP contribution in [0.4, 0.5) is 5.69 Å². The molecule has 0 amide bonds. The molecule has 0 spiro atoms. The largest absolute Gasteiger partial charge is 0.398 e. The second kappa shape index (κ2) is 4.77. The summed E-state index contributed by atoms with van der Waals surface area (Å²) in [6.45, 7) is 2.93. The smallest absolute Gasteiger partial charge is 0.101 e. The molecule has 0 bridgehead atoms. The summed E-state index contributed by atoms with van der Waals surface area (Å²) in [6.07, 6.45) is 1.37. The summed E-state index contributed by atoms with van der Waals surface area (Å²) in [7, 11) is 0. The highest BCUT2D eigenvalue weighted by Crippen LogP contribution is 2.33. The number of ether oxygens (including phenoxy) is 1. The Labute approximate surface area is 99.6 Å². The predicted octanol–water partition coefficient (Wildman–Crippen LogP) is 2.41. The maximum absolute atomic E-state index is 8.78. The molecule has 1 saturated heterocycles. The van der Waals surface area contributed by atoms with E-state index in [1.807, 2.05) is 12.1 Å². The van der Waals surface area contributed by atoms with Gasteiger partial charge in [0.05, 0.1) is 17.4 Å². The van der Waals surface area contributed by atoms with Gasteiger partial charge in [-0.2, -0.15) is 5.26 Å². The molecular formula is C12H14N2OS. The van der Waals surface area contributed by atoms with Crippen LogP contribution in [0.15, 0.2) is 23.1 Å². The van der Waals surface area contributed by atoms with Crippen molar-refractivity contribution < 1.29 is 4.74 Å². The lowest BCUT2D eigenvalue weighted by Crippen LogP contribution is -2.12. The molecule has 2 N–H and O–H groups in total. The number of anilines is 1. The van der Waals surface area contributed by atoms with E-state index in [9.17, 15) is 0 Å². The minimum atomic E-state index is 0.293. The molecule has 2 unspecified atom stereocenters. The molecule has 1 fully saturated rings. The fourth-order valence-electron chi connectivity index (χ4n) is 1.76. The molecule has 0 aliphatic carbocycles. The highest BCUT2D eigenvalue weighted by molar-refractivity contribution is 8.00. The fraction of sp³-hybridized carbons (Fsp3) is 0.417. The quantitative estimate of drug-likeness (QED) is 0.798. The van der Waals surface area contributed by atoms with Crippen LogP contribution in [0, 0.1) is 11.3 Å². The summed E-state index contributed by atoms with van der Waals surface area (Å²) in [4.78, 5) is 1.11. The van der Waals surface area contributed by atoms with E-state index in [2.05, 4.69) is 13.0 Å². The lowest BCUT2D eigenvalue weighted by atomic mass is 10.2. The van der Waals surface area contributed by atoms with Crippen LogP contribution in [0.1, 0.15) is 18.9 Å². The third-order valence-electron chi connectivity index (χ3n) is 2.74. The van der Waals surface area contributed by atoms with Crippen LogP contribution >= 0.6 is 11.8 Å². The van der Waals surface area contributed by atoms with Crippen LogP contribution in [0.2, 0.25) is 0 Å². The van der Waals surface area contributed by atoms with Gasteiger partial charge in [-0.3, -0.25) is 0 Å². The van der Waals surface area contributed by atoms with Crippen molar-refractivity contribution >= 4 is 17.4 Å². The Morgan fingerprint density at radius 1 is 1.56 bits per heavy atom. The zero-order chi connectivity index (χ0) is 11.5. The molecule has 1 aromatic carbocycles. The molecule has 84 valence electrons. The summed E-state index contributed by atoms with van der Waals surface area (Å²) in [5.41, 5.74) is 6.87. The van der Waals surface area contributed by atoms with Gasteiger partial charge in [-0.1, -0.05) is 0 Å². The van der Waals surface area contributed by atoms with Crippen molar-refractivity contribution in [3.8, 4) is 6.07 Å². The van der Waals surface area contributed by atoms with E-state index in [1.54, 1.807) is 17.8 Å². The number of nitrogens with two attached hydrogens (primary N) is 1. The number of nitriles is 1. The monoisotopic (exact) mass is 234 g/mol. The van der Waals surface area contributed by atoms with Gasteiger partial charge in [0.15, 0.2) is 0 Å². The first-order valence-electron chi connectivity index (χ1n) is 5.28. The zero-order valence-electron chi connectivity index (χ0n) is 9.14. The van der Waals surface area contributed by atoms with Crippen molar-refractivity contribution in [2.75, 3.05) is 12.3 Å². The topological polar surface area (TPSA) is 59.0 Å². The van der Waals surface area contributed by atoms with Crippen LogP contribution in [-0.4, -0.2) is 18.0 Å². The first-order valence-corrected chi connectivity index (χ1v) is 6.16. The lowest BCUT2D eigenvalue weighted by Gasteiger charge is -2.13. The third kappa shape index (κ3) is 2.31. The molecule has 1 aliphatic heterocycles. The SMILES string of the molecule is CC1OCCC1Sc1ccc(C#N)c(N)c1. The molecule has 1 aromatic rings. The van der Waals surface area contributed by atoms with Crippen molar-refractivity contribution in [3.63, 3.8) is 0 Å². The molecule has 1 aliphatic rings. The summed E-state index contributed by atoms with van der Waals surface area (Å²) >= 11 is 1.78. The standard InChI is InChI=1S/C12H14N2OS/c1-8-12(4-5-15-8)16-10-3-2-9(7-13)11(14)6-10/h2-3,6,8,12H,4-5,14H2,1H3. The van der Waals surface area contributed by atoms with E-state index >= 15 is 0 Å². The number of hydrogen-bond acceptors (Lipinski definition) is 4. The number of thioether (sulfide) groups is 1. The fourth-order valence-corrected chi connectivity index (χ4v) is 2.93. The van der Waals surface area contributed by atoms with Crippen molar-refractivity contribution in [2.24, 2.45) is 0 Å². The van der Waals surface area contributed by atoms with Gasteiger partial charge < -0.3 is 10.5 Å². The predicted molar refractivity (Wildman–Crippen MR) is 65.2 cm³/mol. The first kappa shape index (κ1) is 11.3. The van der Waals surface area contributed by atoms with E-state index in [0.29, 0.717) is 22.6 Å². The Morgan fingerprint density at radius 3 is 2.94 bits per heavy atom. The summed E-state index contributed by atoms with van der Waals surface area (Å²) in [5.74, 6) is 0. The normalized spacial score (nSPS) is 24.2. The van der Waals surface area contributed by atoms with E-state index in [4.69, 9.17) is 15.7 Å². The maximum Gasteiger partial charge on any atom is 0.101 e. The van der Waals surface area contributed by atoms with Crippen LogP contribution in [-0.2, 0) is 4.74 Å². The summed E-state index contributed by atoms with van der Waals surface area (Å²) < 4.78 is 5.51. The minimum Gasteiger partial charge on any atom is -0.398 e. The molecular weight excluding hydrogens is 220 g/mol. The Balaban J connectivity index is 2.11. The van der Waals surface area contributed by atoms with Crippen molar-refractivity contribution in [3.05, 3.63) is 23.8 Å². The van der Waals surface area contributed by atoms with E-state index in [1.165, 1.54) is 0 Å². The third-order valence-corrected chi connectivity index (χ3v) is 4.19. The molecule has 2 rings (SSSR count). The Hall–Kier alpha value is -1.18. The van der Waals surface area contributed by atoms with Gasteiger partial charge in [-0.25, -0.2) is 0 Å². The first-order chi connectivity index (χ1) is 7.70. The average Bonchev–Trinajstić information content (AvgIpc) is 2.65. The number of nitrogen functional groups attached to an aromatic ring is 1. The second-order valence-corrected chi connectivity index (χ2v) is 5.19. The maximum atomic E-state index is 8.78. The molecule has 3 nitrogen and oxygen atoms in total. The van der Waals surface area contributed by atoms with Gasteiger partial charge in [0.1, 0.15) is 6.07 Å². The number of nitrogens with zero attached hydrogens (tertiary/aromatic N) is 1. The zero-order valence-corrected chi connectivity index (χ0v) is 9.96. The van der Waals surface area contributed by atoms with Crippen LogP contribution < -0.4 is 5.73 Å². The summed E-state index contributed by atoms with van der Waals surface area (Å²) in [6, 6.07) is 7.66. The molecule has 0 radical (unpaired) electrons. The Bertz CT molecular complexity index is 428. The molecule has 4 heteroatoms. The Morgan fingerprint density at radius 2 is 2.38 bits per heavy atom. The van der Waals surface area contributed by atoms with Crippen molar-refractivity contribution in [2.45, 2.75) is 29.6 Å². The van der Waals surface area contributed by atoms with E-state index < -0.39 is 0 Å². The summed E-state index contributed by atoms with van der Waals surface area (Å²) in [5, 5.41) is 9.27. The number of benzene rings is 1. The van der Waals surface area contributed by atoms with Gasteiger partial charge in [0.2, 0.25) is 0 Å². The van der Waals surface area contributed by atoms with Gasteiger partial charge >= 0.3 is 0 Å². The van der Waals surface area contributed by atoms with E-state index in [0.717, 1.165) is 17.9 Å². The lowest BCUT2D eigenvalue weighted by molar-refractivity contribution is 0.127. The van der Waals surface area contributed by atoms with Gasteiger partial charge in [0, 0.05) is 16.8 Å². The van der Waals surface area contributed by atoms with Crippen LogP contribution in [0.3, 0.4) is 0 Å². The number of rotatable bonds is 2. The molecule has 0 saturated carbocycles. The highest BCUT2D eigenvalue weighted by atomic mass is 32.2. The van der Waals surface area contributed by atoms with Crippen molar-refractivity contribution in [1.29, 1.82) is 5.26 Å². The van der Waals surface area contributed by atoms with Gasteiger partial charge in [0.25, 0.3) is 0 Å². The molecule has 2 atom stereocenters. The van der Waals surface area contributed by atoms with Gasteiger partial charge in [-0.05, 0) is 31.5 Å². The minimum absolute atomic E-state index is 0.293. The van der Waals surface area contributed by atoms with Gasteiger partial charge in [-0.15, -0.1) is 11.8 Å².